The highest BCUT2D eigenvalue weighted by atomic mass is 14.8. The van der Waals surface area contributed by atoms with Gasteiger partial charge in [0.05, 0.1) is 0 Å². The fourth-order valence-electron chi connectivity index (χ4n) is 2.36. The van der Waals surface area contributed by atoms with Gasteiger partial charge in [0, 0.05) is 12.4 Å². The molecule has 0 bridgehead atoms. The third kappa shape index (κ3) is 4.45. The van der Waals surface area contributed by atoms with Gasteiger partial charge in [0.1, 0.15) is 6.33 Å². The third-order valence-electron chi connectivity index (χ3n) is 3.67. The maximum absolute atomic E-state index is 4.18. The Labute approximate surface area is 106 Å². The van der Waals surface area contributed by atoms with Crippen molar-refractivity contribution in [1.82, 2.24) is 9.97 Å². The quantitative estimate of drug-likeness (QED) is 0.619. The Bertz CT molecular complexity index is 297. The van der Waals surface area contributed by atoms with Crippen LogP contribution in [0.3, 0.4) is 0 Å². The van der Waals surface area contributed by atoms with Crippen LogP contribution in [0.1, 0.15) is 71.3 Å². The highest BCUT2D eigenvalue weighted by molar-refractivity contribution is 5.17. The van der Waals surface area contributed by atoms with Crippen LogP contribution in [0.25, 0.3) is 0 Å². The first-order valence-electron chi connectivity index (χ1n) is 6.98. The maximum atomic E-state index is 4.18. The predicted molar refractivity (Wildman–Crippen MR) is 73.1 cm³/mol. The van der Waals surface area contributed by atoms with E-state index in [0.29, 0.717) is 0 Å². The molecule has 0 fully saturated rings. The van der Waals surface area contributed by atoms with Gasteiger partial charge in [-0.05, 0) is 23.8 Å². The standard InChI is InChI=1S/C15H26N2/c1-4-6-8-10-15(3,9-7-5-2)14-11-16-13-17-12-14/h11-13H,4-10H2,1-3H3. The van der Waals surface area contributed by atoms with Crippen molar-refractivity contribution < 1.29 is 0 Å². The van der Waals surface area contributed by atoms with Gasteiger partial charge in [-0.1, -0.05) is 52.9 Å². The minimum Gasteiger partial charge on any atom is -0.245 e. The van der Waals surface area contributed by atoms with Crippen molar-refractivity contribution >= 4 is 0 Å². The summed E-state index contributed by atoms with van der Waals surface area (Å²) in [6.45, 7) is 6.89. The Hall–Kier alpha value is -0.920. The molecule has 0 aliphatic carbocycles. The zero-order valence-corrected chi connectivity index (χ0v) is 11.6. The largest absolute Gasteiger partial charge is 0.245 e. The lowest BCUT2D eigenvalue weighted by Crippen LogP contribution is -2.22. The summed E-state index contributed by atoms with van der Waals surface area (Å²) in [4.78, 5) is 8.35. The molecule has 0 N–H and O–H groups in total. The topological polar surface area (TPSA) is 25.8 Å². The second-order valence-corrected chi connectivity index (χ2v) is 5.25. The van der Waals surface area contributed by atoms with E-state index in [1.807, 2.05) is 12.4 Å². The number of unbranched alkanes of at least 4 members (excludes halogenated alkanes) is 3. The molecule has 0 aliphatic rings. The fraction of sp³-hybridized carbons (Fsp3) is 0.733. The van der Waals surface area contributed by atoms with Gasteiger partial charge in [0.2, 0.25) is 0 Å². The maximum Gasteiger partial charge on any atom is 0.115 e. The van der Waals surface area contributed by atoms with Crippen LogP contribution in [-0.2, 0) is 5.41 Å². The number of hydrogen-bond donors (Lipinski definition) is 0. The molecule has 0 saturated carbocycles. The molecular weight excluding hydrogens is 208 g/mol. The zero-order valence-electron chi connectivity index (χ0n) is 11.6. The molecule has 1 unspecified atom stereocenters. The Kier molecular flexibility index (Phi) is 6.17. The molecule has 0 saturated heterocycles. The summed E-state index contributed by atoms with van der Waals surface area (Å²) in [5, 5.41) is 0. The number of hydrogen-bond acceptors (Lipinski definition) is 2. The monoisotopic (exact) mass is 234 g/mol. The van der Waals surface area contributed by atoms with Crippen LogP contribution >= 0.6 is 0 Å². The van der Waals surface area contributed by atoms with E-state index in [2.05, 4.69) is 30.7 Å². The van der Waals surface area contributed by atoms with Crippen molar-refractivity contribution in [2.45, 2.75) is 71.1 Å². The Morgan fingerprint density at radius 1 is 0.941 bits per heavy atom. The van der Waals surface area contributed by atoms with E-state index in [9.17, 15) is 0 Å². The lowest BCUT2D eigenvalue weighted by atomic mass is 9.75. The van der Waals surface area contributed by atoms with E-state index in [4.69, 9.17) is 0 Å². The van der Waals surface area contributed by atoms with Gasteiger partial charge < -0.3 is 0 Å². The second kappa shape index (κ2) is 7.41. The van der Waals surface area contributed by atoms with Gasteiger partial charge in [0.15, 0.2) is 0 Å². The van der Waals surface area contributed by atoms with Gasteiger partial charge in [-0.2, -0.15) is 0 Å². The van der Waals surface area contributed by atoms with E-state index in [-0.39, 0.29) is 5.41 Å². The van der Waals surface area contributed by atoms with Gasteiger partial charge in [-0.25, -0.2) is 9.97 Å². The lowest BCUT2D eigenvalue weighted by molar-refractivity contribution is 0.369. The highest BCUT2D eigenvalue weighted by Crippen LogP contribution is 2.34. The van der Waals surface area contributed by atoms with Crippen LogP contribution in [0.5, 0.6) is 0 Å². The van der Waals surface area contributed by atoms with Gasteiger partial charge in [-0.15, -0.1) is 0 Å². The molecule has 0 amide bonds. The summed E-state index contributed by atoms with van der Waals surface area (Å²) >= 11 is 0. The minimum absolute atomic E-state index is 0.270. The number of aromatic nitrogens is 2. The summed E-state index contributed by atoms with van der Waals surface area (Å²) in [5.74, 6) is 0. The van der Waals surface area contributed by atoms with Gasteiger partial charge in [0.25, 0.3) is 0 Å². The van der Waals surface area contributed by atoms with Crippen molar-refractivity contribution in [3.8, 4) is 0 Å². The van der Waals surface area contributed by atoms with Crippen LogP contribution in [-0.4, -0.2) is 9.97 Å². The molecule has 1 atom stereocenters. The molecule has 0 aliphatic heterocycles. The van der Waals surface area contributed by atoms with E-state index >= 15 is 0 Å². The summed E-state index contributed by atoms with van der Waals surface area (Å²) in [7, 11) is 0. The average molecular weight is 234 g/mol. The van der Waals surface area contributed by atoms with Crippen LogP contribution in [0.15, 0.2) is 18.7 Å². The van der Waals surface area contributed by atoms with E-state index < -0.39 is 0 Å². The zero-order chi connectivity index (χ0) is 12.6. The molecule has 1 aromatic heterocycles. The molecule has 0 spiro atoms. The van der Waals surface area contributed by atoms with E-state index in [1.54, 1.807) is 6.33 Å². The first kappa shape index (κ1) is 14.1. The normalized spacial score (nSPS) is 14.5. The molecule has 1 heterocycles. The second-order valence-electron chi connectivity index (χ2n) is 5.25. The Balaban J connectivity index is 2.70. The molecule has 0 radical (unpaired) electrons. The fourth-order valence-corrected chi connectivity index (χ4v) is 2.36. The summed E-state index contributed by atoms with van der Waals surface area (Å²) < 4.78 is 0. The van der Waals surface area contributed by atoms with Gasteiger partial charge >= 0.3 is 0 Å². The SMILES string of the molecule is CCCCCC(C)(CCCC)c1cncnc1. The van der Waals surface area contributed by atoms with E-state index in [0.717, 1.165) is 0 Å². The van der Waals surface area contributed by atoms with Crippen LogP contribution in [0, 0.1) is 0 Å². The van der Waals surface area contributed by atoms with Crippen LogP contribution in [0.4, 0.5) is 0 Å². The van der Waals surface area contributed by atoms with Gasteiger partial charge in [-0.3, -0.25) is 0 Å². The molecule has 2 heteroatoms. The summed E-state index contributed by atoms with van der Waals surface area (Å²) in [6, 6.07) is 0. The van der Waals surface area contributed by atoms with Crippen molar-refractivity contribution in [2.75, 3.05) is 0 Å². The average Bonchev–Trinajstić information content (AvgIpc) is 2.38. The third-order valence-corrected chi connectivity index (χ3v) is 3.67. The first-order valence-corrected chi connectivity index (χ1v) is 6.98. The smallest absolute Gasteiger partial charge is 0.115 e. The van der Waals surface area contributed by atoms with Crippen molar-refractivity contribution in [3.05, 3.63) is 24.3 Å². The first-order chi connectivity index (χ1) is 8.23. The molecule has 1 aromatic rings. The van der Waals surface area contributed by atoms with E-state index in [1.165, 1.54) is 50.5 Å². The Morgan fingerprint density at radius 3 is 2.12 bits per heavy atom. The van der Waals surface area contributed by atoms with Crippen molar-refractivity contribution in [1.29, 1.82) is 0 Å². The molecule has 1 rings (SSSR count). The predicted octanol–water partition coefficient (Wildman–Crippen LogP) is 4.50. The summed E-state index contributed by atoms with van der Waals surface area (Å²) in [6.07, 6.45) is 14.6. The number of nitrogens with zero attached hydrogens (tertiary/aromatic N) is 2. The molecule has 0 aromatic carbocycles. The van der Waals surface area contributed by atoms with Crippen molar-refractivity contribution in [2.24, 2.45) is 0 Å². The van der Waals surface area contributed by atoms with Crippen LogP contribution in [0.2, 0.25) is 0 Å². The van der Waals surface area contributed by atoms with Crippen LogP contribution < -0.4 is 0 Å². The molecular formula is C15H26N2. The lowest BCUT2D eigenvalue weighted by Gasteiger charge is -2.29. The highest BCUT2D eigenvalue weighted by Gasteiger charge is 2.25. The number of rotatable bonds is 8. The molecule has 96 valence electrons. The minimum atomic E-state index is 0.270. The summed E-state index contributed by atoms with van der Waals surface area (Å²) in [5.41, 5.74) is 1.58. The van der Waals surface area contributed by atoms with Crippen molar-refractivity contribution in [3.63, 3.8) is 0 Å². The Morgan fingerprint density at radius 2 is 1.53 bits per heavy atom. The molecule has 2 nitrogen and oxygen atoms in total. The molecule has 17 heavy (non-hydrogen) atoms.